The fourth-order valence-electron chi connectivity index (χ4n) is 1.05. The second kappa shape index (κ2) is 4.03. The molecular formula is C7H6F3N3O4. The van der Waals surface area contributed by atoms with E-state index in [9.17, 15) is 28.1 Å². The number of nitrogens with zero attached hydrogens (tertiary/aromatic N) is 3. The average Bonchev–Trinajstić information content (AvgIpc) is 2.59. The number of aliphatic carboxylic acids is 1. The van der Waals surface area contributed by atoms with Crippen LogP contribution in [0.2, 0.25) is 0 Å². The molecule has 10 heteroatoms. The van der Waals surface area contributed by atoms with Crippen molar-refractivity contribution in [1.29, 1.82) is 0 Å². The molecule has 17 heavy (non-hydrogen) atoms. The molecular weight excluding hydrogens is 247 g/mol. The number of hydrogen-bond acceptors (Lipinski definition) is 4. The van der Waals surface area contributed by atoms with E-state index in [0.29, 0.717) is 0 Å². The molecule has 0 saturated carbocycles. The summed E-state index contributed by atoms with van der Waals surface area (Å²) in [5, 5.41) is 22.0. The Hall–Kier alpha value is -2.13. The number of carbonyl (C=O) groups is 1. The number of carboxylic acid groups (broad SMARTS) is 1. The van der Waals surface area contributed by atoms with Crippen molar-refractivity contribution < 1.29 is 28.0 Å². The van der Waals surface area contributed by atoms with Gasteiger partial charge in [0.25, 0.3) is 0 Å². The highest BCUT2D eigenvalue weighted by molar-refractivity contribution is 5.71. The van der Waals surface area contributed by atoms with Crippen LogP contribution in [0.25, 0.3) is 0 Å². The zero-order chi connectivity index (χ0) is 13.4. The summed E-state index contributed by atoms with van der Waals surface area (Å²) in [6.45, 7) is 0.989. The van der Waals surface area contributed by atoms with Crippen molar-refractivity contribution in [1.82, 2.24) is 9.78 Å². The summed E-state index contributed by atoms with van der Waals surface area (Å²) in [4.78, 5) is 19.9. The van der Waals surface area contributed by atoms with E-state index in [4.69, 9.17) is 5.11 Å². The lowest BCUT2D eigenvalue weighted by atomic mass is 10.3. The first kappa shape index (κ1) is 12.9. The molecule has 1 aromatic rings. The fourth-order valence-corrected chi connectivity index (χ4v) is 1.05. The third-order valence-electron chi connectivity index (χ3n) is 1.92. The zero-order valence-electron chi connectivity index (χ0n) is 8.30. The van der Waals surface area contributed by atoms with Crippen molar-refractivity contribution in [3.63, 3.8) is 0 Å². The van der Waals surface area contributed by atoms with Crippen molar-refractivity contribution in [2.75, 3.05) is 0 Å². The van der Waals surface area contributed by atoms with Crippen LogP contribution in [0.4, 0.5) is 19.0 Å². The Morgan fingerprint density at radius 2 is 2.18 bits per heavy atom. The molecule has 1 atom stereocenters. The Kier molecular flexibility index (Phi) is 3.07. The maximum absolute atomic E-state index is 12.3. The van der Waals surface area contributed by atoms with E-state index in [2.05, 4.69) is 5.10 Å². The number of carboxylic acids is 1. The topological polar surface area (TPSA) is 98.3 Å². The van der Waals surface area contributed by atoms with Gasteiger partial charge in [0, 0.05) is 0 Å². The second-order valence-electron chi connectivity index (χ2n) is 3.10. The smallest absolute Gasteiger partial charge is 0.437 e. The van der Waals surface area contributed by atoms with Crippen LogP contribution >= 0.6 is 0 Å². The van der Waals surface area contributed by atoms with Crippen molar-refractivity contribution in [2.24, 2.45) is 0 Å². The van der Waals surface area contributed by atoms with Gasteiger partial charge in [0.05, 0.1) is 6.07 Å². The van der Waals surface area contributed by atoms with Crippen LogP contribution in [-0.4, -0.2) is 25.8 Å². The van der Waals surface area contributed by atoms with Crippen LogP contribution in [0.3, 0.4) is 0 Å². The Morgan fingerprint density at radius 3 is 2.53 bits per heavy atom. The molecule has 0 aliphatic heterocycles. The number of hydrogen-bond donors (Lipinski definition) is 1. The molecule has 1 rings (SSSR count). The molecule has 0 aliphatic rings. The molecule has 7 nitrogen and oxygen atoms in total. The molecule has 0 unspecified atom stereocenters. The van der Waals surface area contributed by atoms with Gasteiger partial charge >= 0.3 is 18.0 Å². The summed E-state index contributed by atoms with van der Waals surface area (Å²) in [6, 6.07) is -1.37. The maximum Gasteiger partial charge on any atom is 0.437 e. The van der Waals surface area contributed by atoms with Crippen LogP contribution in [0.15, 0.2) is 6.07 Å². The summed E-state index contributed by atoms with van der Waals surface area (Å²) < 4.78 is 37.0. The lowest BCUT2D eigenvalue weighted by Gasteiger charge is -2.03. The number of nitro groups is 1. The summed E-state index contributed by atoms with van der Waals surface area (Å²) in [5.74, 6) is -2.54. The van der Waals surface area contributed by atoms with Crippen molar-refractivity contribution in [3.05, 3.63) is 21.9 Å². The van der Waals surface area contributed by atoms with Gasteiger partial charge in [-0.05, 0) is 11.8 Å². The molecule has 0 aromatic carbocycles. The molecule has 0 bridgehead atoms. The van der Waals surface area contributed by atoms with Crippen LogP contribution in [-0.2, 0) is 11.0 Å². The summed E-state index contributed by atoms with van der Waals surface area (Å²) in [7, 11) is 0. The van der Waals surface area contributed by atoms with Gasteiger partial charge < -0.3 is 15.2 Å². The minimum Gasteiger partial charge on any atom is -0.478 e. The number of aromatic nitrogens is 2. The van der Waals surface area contributed by atoms with Crippen molar-refractivity contribution in [3.8, 4) is 0 Å². The van der Waals surface area contributed by atoms with Gasteiger partial charge in [0.1, 0.15) is 0 Å². The molecule has 0 spiro atoms. The zero-order valence-corrected chi connectivity index (χ0v) is 8.30. The van der Waals surface area contributed by atoms with E-state index < -0.39 is 34.6 Å². The molecule has 1 aromatic heterocycles. The standard InChI is InChI=1S/C7H6F3N3O4/c1-3(6(14)15)12-5(13(16)17)2-4(11-12)7(8,9)10/h2-3H,1H3,(H,14,15)/t3-/m0/s1. The first-order valence-electron chi connectivity index (χ1n) is 4.18. The third kappa shape index (κ3) is 2.52. The first-order valence-corrected chi connectivity index (χ1v) is 4.18. The highest BCUT2D eigenvalue weighted by Gasteiger charge is 2.40. The Morgan fingerprint density at radius 1 is 1.65 bits per heavy atom. The first-order chi connectivity index (χ1) is 7.64. The highest BCUT2D eigenvalue weighted by Crippen LogP contribution is 2.31. The minimum absolute atomic E-state index is 0.194. The Labute approximate surface area is 91.6 Å². The van der Waals surface area contributed by atoms with Crippen LogP contribution < -0.4 is 0 Å². The molecule has 0 radical (unpaired) electrons. The number of halogens is 3. The van der Waals surface area contributed by atoms with Crippen molar-refractivity contribution in [2.45, 2.75) is 19.1 Å². The van der Waals surface area contributed by atoms with Gasteiger partial charge in [-0.3, -0.25) is 0 Å². The van der Waals surface area contributed by atoms with E-state index >= 15 is 0 Å². The van der Waals surface area contributed by atoms with E-state index in [1.165, 1.54) is 0 Å². The fraction of sp³-hybridized carbons (Fsp3) is 0.429. The maximum atomic E-state index is 12.3. The molecule has 0 aliphatic carbocycles. The lowest BCUT2D eigenvalue weighted by Crippen LogP contribution is -2.19. The molecule has 94 valence electrons. The van der Waals surface area contributed by atoms with Crippen LogP contribution in [0.1, 0.15) is 18.7 Å². The van der Waals surface area contributed by atoms with Crippen LogP contribution in [0, 0.1) is 10.1 Å². The molecule has 1 N–H and O–H groups in total. The Balaban J connectivity index is 3.33. The number of rotatable bonds is 3. The molecule has 0 amide bonds. The van der Waals surface area contributed by atoms with E-state index in [0.717, 1.165) is 6.92 Å². The summed E-state index contributed by atoms with van der Waals surface area (Å²) in [6.07, 6.45) is -4.87. The van der Waals surface area contributed by atoms with Gasteiger partial charge in [-0.15, -0.1) is 4.68 Å². The van der Waals surface area contributed by atoms with E-state index in [1.807, 2.05) is 0 Å². The number of alkyl halides is 3. The molecule has 0 fully saturated rings. The van der Waals surface area contributed by atoms with Gasteiger partial charge in [0.15, 0.2) is 5.69 Å². The summed E-state index contributed by atoms with van der Waals surface area (Å²) >= 11 is 0. The van der Waals surface area contributed by atoms with Gasteiger partial charge in [-0.1, -0.05) is 5.10 Å². The average molecular weight is 253 g/mol. The van der Waals surface area contributed by atoms with Crippen LogP contribution in [0.5, 0.6) is 0 Å². The SMILES string of the molecule is C[C@@H](C(=O)O)n1nc(C(F)(F)F)cc1[N+](=O)[O-]. The minimum atomic E-state index is -4.87. The predicted octanol–water partition coefficient (Wildman–Crippen LogP) is 1.46. The van der Waals surface area contributed by atoms with Crippen molar-refractivity contribution >= 4 is 11.8 Å². The quantitative estimate of drug-likeness (QED) is 0.649. The second-order valence-corrected chi connectivity index (χ2v) is 3.10. The Bertz CT molecular complexity index is 467. The molecule has 1 heterocycles. The van der Waals surface area contributed by atoms with Gasteiger partial charge in [-0.2, -0.15) is 13.2 Å². The molecule has 0 saturated heterocycles. The predicted molar refractivity (Wildman–Crippen MR) is 46.2 cm³/mol. The van der Waals surface area contributed by atoms with Gasteiger partial charge in [-0.25, -0.2) is 4.79 Å². The highest BCUT2D eigenvalue weighted by atomic mass is 19.4. The lowest BCUT2D eigenvalue weighted by molar-refractivity contribution is -0.393. The van der Waals surface area contributed by atoms with E-state index in [1.54, 1.807) is 0 Å². The summed E-state index contributed by atoms with van der Waals surface area (Å²) in [5.41, 5.74) is -1.50. The van der Waals surface area contributed by atoms with Gasteiger partial charge in [0.2, 0.25) is 6.04 Å². The van der Waals surface area contributed by atoms with E-state index in [-0.39, 0.29) is 10.7 Å². The normalized spacial score (nSPS) is 13.4. The monoisotopic (exact) mass is 253 g/mol. The third-order valence-corrected chi connectivity index (χ3v) is 1.92. The largest absolute Gasteiger partial charge is 0.478 e.